The molecule has 0 amide bonds. The monoisotopic (exact) mass is 250 g/mol. The number of rotatable bonds is 5. The molecule has 4 nitrogen and oxygen atoms in total. The zero-order chi connectivity index (χ0) is 13.9. The Hall–Kier alpha value is -1.68. The van der Waals surface area contributed by atoms with Crippen LogP contribution in [0.1, 0.15) is 47.9 Å². The van der Waals surface area contributed by atoms with Crippen molar-refractivity contribution in [1.29, 1.82) is 0 Å². The van der Waals surface area contributed by atoms with Crippen molar-refractivity contribution in [3.63, 3.8) is 0 Å². The highest BCUT2D eigenvalue weighted by Gasteiger charge is 2.22. The van der Waals surface area contributed by atoms with Crippen LogP contribution in [0.2, 0.25) is 0 Å². The number of hydrogen-bond donors (Lipinski definition) is 1. The fourth-order valence-electron chi connectivity index (χ4n) is 1.63. The molecule has 0 aliphatic rings. The van der Waals surface area contributed by atoms with Crippen molar-refractivity contribution in [1.82, 2.24) is 0 Å². The van der Waals surface area contributed by atoms with Gasteiger partial charge in [-0.1, -0.05) is 0 Å². The number of methoxy groups -OCH3 is 1. The van der Waals surface area contributed by atoms with Gasteiger partial charge >= 0.3 is 0 Å². The first-order chi connectivity index (χ1) is 8.24. The first kappa shape index (κ1) is 14.4. The Morgan fingerprint density at radius 2 is 1.94 bits per heavy atom. The van der Waals surface area contributed by atoms with Crippen LogP contribution in [-0.2, 0) is 0 Å². The molecule has 0 atom stereocenters. The van der Waals surface area contributed by atoms with E-state index in [9.17, 15) is 14.7 Å². The molecule has 0 saturated carbocycles. The lowest BCUT2D eigenvalue weighted by atomic mass is 9.95. The minimum Gasteiger partial charge on any atom is -0.496 e. The van der Waals surface area contributed by atoms with Crippen molar-refractivity contribution in [3.05, 3.63) is 29.3 Å². The van der Waals surface area contributed by atoms with Gasteiger partial charge in [0.2, 0.25) is 0 Å². The minimum absolute atomic E-state index is 0.0231. The molecule has 0 saturated heterocycles. The van der Waals surface area contributed by atoms with Crippen LogP contribution >= 0.6 is 0 Å². The van der Waals surface area contributed by atoms with E-state index in [-0.39, 0.29) is 18.0 Å². The molecule has 0 heterocycles. The van der Waals surface area contributed by atoms with Crippen LogP contribution < -0.4 is 4.74 Å². The number of aliphatic hydroxyl groups is 1. The summed E-state index contributed by atoms with van der Waals surface area (Å²) < 4.78 is 5.10. The van der Waals surface area contributed by atoms with Gasteiger partial charge in [-0.15, -0.1) is 0 Å². The average Bonchev–Trinajstić information content (AvgIpc) is 2.25. The molecule has 0 spiro atoms. The number of benzene rings is 1. The second kappa shape index (κ2) is 5.31. The van der Waals surface area contributed by atoms with Crippen molar-refractivity contribution in [2.75, 3.05) is 7.11 Å². The number of hydrogen-bond acceptors (Lipinski definition) is 4. The van der Waals surface area contributed by atoms with Gasteiger partial charge in [-0.3, -0.25) is 9.59 Å². The maximum Gasteiger partial charge on any atom is 0.169 e. The van der Waals surface area contributed by atoms with E-state index in [0.717, 1.165) is 0 Å². The second-order valence-corrected chi connectivity index (χ2v) is 4.88. The van der Waals surface area contributed by atoms with E-state index in [4.69, 9.17) is 4.74 Å². The molecule has 4 heteroatoms. The molecule has 0 aliphatic heterocycles. The van der Waals surface area contributed by atoms with Crippen LogP contribution in [0.5, 0.6) is 5.75 Å². The van der Waals surface area contributed by atoms with Crippen molar-refractivity contribution in [2.24, 2.45) is 0 Å². The maximum atomic E-state index is 12.1. The van der Waals surface area contributed by atoms with E-state index in [0.29, 0.717) is 16.9 Å². The van der Waals surface area contributed by atoms with Gasteiger partial charge in [0.05, 0.1) is 18.3 Å². The fraction of sp³-hybridized carbons (Fsp3) is 0.429. The number of carbonyl (C=O) groups is 2. The number of ether oxygens (including phenoxy) is 1. The molecule has 18 heavy (non-hydrogen) atoms. The van der Waals surface area contributed by atoms with E-state index < -0.39 is 5.60 Å². The van der Waals surface area contributed by atoms with Crippen LogP contribution in [0.15, 0.2) is 18.2 Å². The highest BCUT2D eigenvalue weighted by Crippen LogP contribution is 2.24. The van der Waals surface area contributed by atoms with Crippen molar-refractivity contribution < 1.29 is 19.4 Å². The Kier molecular flexibility index (Phi) is 4.24. The molecule has 98 valence electrons. The summed E-state index contributed by atoms with van der Waals surface area (Å²) in [5.41, 5.74) is -0.309. The Labute approximate surface area is 107 Å². The number of Topliss-reactive ketones (excluding diaryl/α,β-unsaturated/α-hetero) is 2. The van der Waals surface area contributed by atoms with E-state index in [1.165, 1.54) is 20.1 Å². The van der Waals surface area contributed by atoms with Crippen molar-refractivity contribution in [2.45, 2.75) is 32.8 Å². The van der Waals surface area contributed by atoms with Gasteiger partial charge in [-0.25, -0.2) is 0 Å². The van der Waals surface area contributed by atoms with E-state index >= 15 is 0 Å². The van der Waals surface area contributed by atoms with E-state index in [2.05, 4.69) is 0 Å². The van der Waals surface area contributed by atoms with Crippen LogP contribution in [0.25, 0.3) is 0 Å². The van der Waals surface area contributed by atoms with Gasteiger partial charge in [-0.2, -0.15) is 0 Å². The fourth-order valence-corrected chi connectivity index (χ4v) is 1.63. The van der Waals surface area contributed by atoms with Gasteiger partial charge in [0, 0.05) is 12.0 Å². The molecule has 0 bridgehead atoms. The Morgan fingerprint density at radius 3 is 2.39 bits per heavy atom. The summed E-state index contributed by atoms with van der Waals surface area (Å²) in [5.74, 6) is 0.0478. The summed E-state index contributed by atoms with van der Waals surface area (Å²) >= 11 is 0. The average molecular weight is 250 g/mol. The zero-order valence-corrected chi connectivity index (χ0v) is 11.1. The first-order valence-corrected chi connectivity index (χ1v) is 5.69. The minimum atomic E-state index is -1.09. The normalized spacial score (nSPS) is 11.2. The van der Waals surface area contributed by atoms with E-state index in [1.807, 2.05) is 0 Å². The van der Waals surface area contributed by atoms with Crippen LogP contribution in [-0.4, -0.2) is 29.4 Å². The Bertz CT molecular complexity index is 469. The van der Waals surface area contributed by atoms with Crippen molar-refractivity contribution >= 4 is 11.6 Å². The molecule has 0 radical (unpaired) electrons. The molecule has 0 unspecified atom stereocenters. The zero-order valence-electron chi connectivity index (χ0n) is 11.1. The smallest absolute Gasteiger partial charge is 0.169 e. The third-order valence-electron chi connectivity index (χ3n) is 2.50. The summed E-state index contributed by atoms with van der Waals surface area (Å²) in [7, 11) is 1.46. The van der Waals surface area contributed by atoms with Gasteiger partial charge in [0.25, 0.3) is 0 Å². The predicted molar refractivity (Wildman–Crippen MR) is 68.2 cm³/mol. The summed E-state index contributed by atoms with van der Waals surface area (Å²) in [5, 5.41) is 9.66. The largest absolute Gasteiger partial charge is 0.496 e. The molecule has 1 aromatic carbocycles. The highest BCUT2D eigenvalue weighted by molar-refractivity contribution is 6.02. The lowest BCUT2D eigenvalue weighted by molar-refractivity contribution is 0.0586. The maximum absolute atomic E-state index is 12.1. The lowest BCUT2D eigenvalue weighted by Crippen LogP contribution is -2.23. The summed E-state index contributed by atoms with van der Waals surface area (Å²) in [6.45, 7) is 4.56. The van der Waals surface area contributed by atoms with Gasteiger partial charge in [-0.05, 0) is 39.0 Å². The summed E-state index contributed by atoms with van der Waals surface area (Å²) in [4.78, 5) is 23.4. The highest BCUT2D eigenvalue weighted by atomic mass is 16.5. The quantitative estimate of drug-likeness (QED) is 0.814. The molecule has 0 aliphatic carbocycles. The SMILES string of the molecule is COc1ccc(C(C)=O)cc1C(=O)CC(C)(C)O. The Morgan fingerprint density at radius 1 is 1.33 bits per heavy atom. The standard InChI is InChI=1S/C14H18O4/c1-9(15)10-5-6-13(18-4)11(7-10)12(16)8-14(2,3)17/h5-7,17H,8H2,1-4H3. The molecular formula is C14H18O4. The van der Waals surface area contributed by atoms with Crippen LogP contribution in [0.4, 0.5) is 0 Å². The molecule has 1 rings (SSSR count). The van der Waals surface area contributed by atoms with Crippen LogP contribution in [0.3, 0.4) is 0 Å². The summed E-state index contributed by atoms with van der Waals surface area (Å²) in [6.07, 6.45) is -0.0231. The van der Waals surface area contributed by atoms with Gasteiger partial charge < -0.3 is 9.84 Å². The molecule has 0 aromatic heterocycles. The first-order valence-electron chi connectivity index (χ1n) is 5.69. The molecule has 1 N–H and O–H groups in total. The van der Waals surface area contributed by atoms with Crippen LogP contribution in [0, 0.1) is 0 Å². The Balaban J connectivity index is 3.16. The topological polar surface area (TPSA) is 63.6 Å². The molecule has 1 aromatic rings. The second-order valence-electron chi connectivity index (χ2n) is 4.88. The predicted octanol–water partition coefficient (Wildman–Crippen LogP) is 2.24. The number of ketones is 2. The lowest BCUT2D eigenvalue weighted by Gasteiger charge is -2.17. The van der Waals surface area contributed by atoms with Crippen molar-refractivity contribution in [3.8, 4) is 5.75 Å². The van der Waals surface area contributed by atoms with Gasteiger partial charge in [0.15, 0.2) is 11.6 Å². The molecular weight excluding hydrogens is 232 g/mol. The third kappa shape index (κ3) is 3.67. The molecule has 0 fully saturated rings. The third-order valence-corrected chi connectivity index (χ3v) is 2.50. The number of carbonyl (C=O) groups excluding carboxylic acids is 2. The van der Waals surface area contributed by atoms with E-state index in [1.54, 1.807) is 26.0 Å². The van der Waals surface area contributed by atoms with Gasteiger partial charge in [0.1, 0.15) is 5.75 Å². The summed E-state index contributed by atoms with van der Waals surface area (Å²) in [6, 6.07) is 4.71.